The molecule has 0 aliphatic carbocycles. The number of anilines is 1. The van der Waals surface area contributed by atoms with Crippen LogP contribution in [0.1, 0.15) is 39.2 Å². The fraction of sp³-hybridized carbons (Fsp3) is 0.562. The van der Waals surface area contributed by atoms with Gasteiger partial charge in [0, 0.05) is 24.6 Å². The van der Waals surface area contributed by atoms with Crippen LogP contribution in [0.25, 0.3) is 0 Å². The molecule has 22 heavy (non-hydrogen) atoms. The average Bonchev–Trinajstić information content (AvgIpc) is 2.89. The van der Waals surface area contributed by atoms with E-state index in [0.717, 1.165) is 12.0 Å². The van der Waals surface area contributed by atoms with Gasteiger partial charge >= 0.3 is 12.0 Å². The number of aryl methyl sites for hydroxylation is 1. The van der Waals surface area contributed by atoms with Gasteiger partial charge < -0.3 is 15.0 Å². The van der Waals surface area contributed by atoms with Gasteiger partial charge in [-0.2, -0.15) is 0 Å². The largest absolute Gasteiger partial charge is 0.458 e. The number of aromatic nitrogens is 1. The van der Waals surface area contributed by atoms with Crippen molar-refractivity contribution in [3.05, 3.63) is 24.0 Å². The second kappa shape index (κ2) is 6.34. The minimum absolute atomic E-state index is 0.275. The van der Waals surface area contributed by atoms with E-state index in [1.165, 1.54) is 0 Å². The molecule has 120 valence electrons. The normalized spacial score (nSPS) is 18.2. The molecule has 2 rings (SSSR count). The lowest BCUT2D eigenvalue weighted by atomic mass is 10.1. The Kier molecular flexibility index (Phi) is 4.68. The fourth-order valence-corrected chi connectivity index (χ4v) is 2.43. The lowest BCUT2D eigenvalue weighted by Gasteiger charge is -2.27. The summed E-state index contributed by atoms with van der Waals surface area (Å²) in [4.78, 5) is 30.2. The Labute approximate surface area is 130 Å². The zero-order valence-electron chi connectivity index (χ0n) is 13.5. The number of hydrogen-bond donors (Lipinski definition) is 1. The summed E-state index contributed by atoms with van der Waals surface area (Å²) in [7, 11) is 0. The number of carbonyl (C=O) groups excluding carboxylic acids is 2. The van der Waals surface area contributed by atoms with Crippen LogP contribution < -0.4 is 5.32 Å². The van der Waals surface area contributed by atoms with Crippen molar-refractivity contribution in [1.29, 1.82) is 0 Å². The first-order valence-corrected chi connectivity index (χ1v) is 7.49. The molecule has 0 bridgehead atoms. The third-order valence-electron chi connectivity index (χ3n) is 3.45. The molecule has 0 unspecified atom stereocenters. The van der Waals surface area contributed by atoms with Gasteiger partial charge in [-0.3, -0.25) is 4.98 Å². The van der Waals surface area contributed by atoms with E-state index in [4.69, 9.17) is 4.74 Å². The van der Waals surface area contributed by atoms with Crippen LogP contribution in [0.4, 0.5) is 10.5 Å². The Morgan fingerprint density at radius 2 is 2.14 bits per heavy atom. The first-order chi connectivity index (χ1) is 10.3. The van der Waals surface area contributed by atoms with Gasteiger partial charge in [0.1, 0.15) is 11.6 Å². The number of esters is 1. The number of urea groups is 1. The number of pyridine rings is 1. The first-order valence-electron chi connectivity index (χ1n) is 7.49. The molecule has 1 fully saturated rings. The predicted octanol–water partition coefficient (Wildman–Crippen LogP) is 2.73. The summed E-state index contributed by atoms with van der Waals surface area (Å²) in [5.41, 5.74) is 1.03. The third kappa shape index (κ3) is 3.96. The minimum atomic E-state index is -0.552. The number of nitrogens with zero attached hydrogens (tertiary/aromatic N) is 2. The monoisotopic (exact) mass is 305 g/mol. The molecule has 1 atom stereocenters. The zero-order valence-corrected chi connectivity index (χ0v) is 13.5. The molecule has 2 amide bonds. The maximum atomic E-state index is 12.4. The first kappa shape index (κ1) is 16.3. The molecule has 6 heteroatoms. The standard InChI is InChI=1S/C16H23N3O3/c1-11-10-17-8-7-12(11)18-15(21)19-9-5-6-13(19)14(20)22-16(2,3)4/h7-8,10,13H,5-6,9H2,1-4H3,(H,17,18,21)/t13-/m0/s1. The lowest BCUT2D eigenvalue weighted by molar-refractivity contribution is -0.159. The summed E-state index contributed by atoms with van der Waals surface area (Å²) >= 11 is 0. The SMILES string of the molecule is Cc1cnccc1NC(=O)N1CCC[C@H]1C(=O)OC(C)(C)C. The van der Waals surface area contributed by atoms with Crippen LogP contribution in [-0.2, 0) is 9.53 Å². The number of rotatable bonds is 2. The van der Waals surface area contributed by atoms with Crippen molar-refractivity contribution in [3.8, 4) is 0 Å². The summed E-state index contributed by atoms with van der Waals surface area (Å²) < 4.78 is 5.41. The summed E-state index contributed by atoms with van der Waals surface area (Å²) in [6.07, 6.45) is 4.74. The van der Waals surface area contributed by atoms with Crippen LogP contribution in [0.15, 0.2) is 18.5 Å². The van der Waals surface area contributed by atoms with Crippen LogP contribution in [0, 0.1) is 6.92 Å². The highest BCUT2D eigenvalue weighted by Crippen LogP contribution is 2.22. The third-order valence-corrected chi connectivity index (χ3v) is 3.45. The van der Waals surface area contributed by atoms with Gasteiger partial charge in [0.25, 0.3) is 0 Å². The van der Waals surface area contributed by atoms with E-state index < -0.39 is 11.6 Å². The molecule has 0 spiro atoms. The van der Waals surface area contributed by atoms with Gasteiger partial charge in [0.15, 0.2) is 0 Å². The van der Waals surface area contributed by atoms with Crippen LogP contribution >= 0.6 is 0 Å². The smallest absolute Gasteiger partial charge is 0.329 e. The Hall–Kier alpha value is -2.11. The molecular weight excluding hydrogens is 282 g/mol. The fourth-order valence-electron chi connectivity index (χ4n) is 2.43. The van der Waals surface area contributed by atoms with E-state index in [2.05, 4.69) is 10.3 Å². The summed E-state index contributed by atoms with van der Waals surface area (Å²) in [5, 5.41) is 2.84. The van der Waals surface area contributed by atoms with E-state index in [0.29, 0.717) is 18.7 Å². The second-order valence-corrected chi connectivity index (χ2v) is 6.51. The Bertz CT molecular complexity index is 566. The lowest BCUT2D eigenvalue weighted by Crippen LogP contribution is -2.45. The molecule has 1 aliphatic rings. The van der Waals surface area contributed by atoms with Crippen molar-refractivity contribution in [1.82, 2.24) is 9.88 Å². The van der Waals surface area contributed by atoms with Crippen LogP contribution in [-0.4, -0.2) is 40.1 Å². The van der Waals surface area contributed by atoms with Crippen LogP contribution in [0.5, 0.6) is 0 Å². The van der Waals surface area contributed by atoms with Crippen molar-refractivity contribution < 1.29 is 14.3 Å². The number of nitrogens with one attached hydrogen (secondary N) is 1. The number of likely N-dealkylation sites (tertiary alicyclic amines) is 1. The number of carbonyl (C=O) groups is 2. The van der Waals surface area contributed by atoms with E-state index in [1.807, 2.05) is 27.7 Å². The van der Waals surface area contributed by atoms with Gasteiger partial charge in [-0.1, -0.05) is 0 Å². The molecule has 2 heterocycles. The molecule has 0 radical (unpaired) electrons. The van der Waals surface area contributed by atoms with E-state index in [9.17, 15) is 9.59 Å². The Morgan fingerprint density at radius 3 is 2.77 bits per heavy atom. The average molecular weight is 305 g/mol. The van der Waals surface area contributed by atoms with E-state index in [-0.39, 0.29) is 12.0 Å². The van der Waals surface area contributed by atoms with Crippen molar-refractivity contribution >= 4 is 17.7 Å². The molecule has 1 aromatic rings. The summed E-state index contributed by atoms with van der Waals surface area (Å²) in [5.74, 6) is -0.341. The Morgan fingerprint density at radius 1 is 1.41 bits per heavy atom. The zero-order chi connectivity index (χ0) is 16.3. The van der Waals surface area contributed by atoms with E-state index in [1.54, 1.807) is 23.4 Å². The van der Waals surface area contributed by atoms with Crippen LogP contribution in [0.3, 0.4) is 0 Å². The molecule has 0 aromatic carbocycles. The summed E-state index contributed by atoms with van der Waals surface area (Å²) in [6, 6.07) is 0.954. The maximum absolute atomic E-state index is 12.4. The van der Waals surface area contributed by atoms with Gasteiger partial charge in [-0.25, -0.2) is 9.59 Å². The number of hydrogen-bond acceptors (Lipinski definition) is 4. The number of ether oxygens (including phenoxy) is 1. The quantitative estimate of drug-likeness (QED) is 0.853. The van der Waals surface area contributed by atoms with Crippen molar-refractivity contribution in [2.75, 3.05) is 11.9 Å². The Balaban J connectivity index is 2.05. The molecule has 1 N–H and O–H groups in total. The predicted molar refractivity (Wildman–Crippen MR) is 83.6 cm³/mol. The highest BCUT2D eigenvalue weighted by atomic mass is 16.6. The topological polar surface area (TPSA) is 71.5 Å². The molecule has 6 nitrogen and oxygen atoms in total. The summed E-state index contributed by atoms with van der Waals surface area (Å²) in [6.45, 7) is 7.90. The minimum Gasteiger partial charge on any atom is -0.458 e. The molecule has 1 aromatic heterocycles. The maximum Gasteiger partial charge on any atom is 0.329 e. The highest BCUT2D eigenvalue weighted by molar-refractivity contribution is 5.93. The van der Waals surface area contributed by atoms with Crippen molar-refractivity contribution in [2.45, 2.75) is 52.2 Å². The molecule has 0 saturated carbocycles. The molecule has 1 saturated heterocycles. The van der Waals surface area contributed by atoms with Gasteiger partial charge in [-0.05, 0) is 52.2 Å². The molecule has 1 aliphatic heterocycles. The van der Waals surface area contributed by atoms with Crippen molar-refractivity contribution in [2.24, 2.45) is 0 Å². The number of amides is 2. The van der Waals surface area contributed by atoms with E-state index >= 15 is 0 Å². The molecular formula is C16H23N3O3. The van der Waals surface area contributed by atoms with Gasteiger partial charge in [0.2, 0.25) is 0 Å². The highest BCUT2D eigenvalue weighted by Gasteiger charge is 2.37. The second-order valence-electron chi connectivity index (χ2n) is 6.51. The van der Waals surface area contributed by atoms with Gasteiger partial charge in [0.05, 0.1) is 0 Å². The van der Waals surface area contributed by atoms with Crippen molar-refractivity contribution in [3.63, 3.8) is 0 Å². The van der Waals surface area contributed by atoms with Crippen LogP contribution in [0.2, 0.25) is 0 Å². The van der Waals surface area contributed by atoms with Gasteiger partial charge in [-0.15, -0.1) is 0 Å².